The van der Waals surface area contributed by atoms with Crippen molar-refractivity contribution in [3.8, 4) is 11.3 Å². The topological polar surface area (TPSA) is 161 Å². The van der Waals surface area contributed by atoms with Crippen molar-refractivity contribution in [2.24, 2.45) is 5.92 Å². The van der Waals surface area contributed by atoms with Gasteiger partial charge in [-0.3, -0.25) is 24.6 Å². The Balaban J connectivity index is 0.754. The van der Waals surface area contributed by atoms with Crippen molar-refractivity contribution in [3.63, 3.8) is 0 Å². The SMILES string of the molecule is O=C1CC[C@H](Nc2ccc(N3CCC(N4CCC(C(=O)N[C@H]5CC[C@H](Nc6ncc(F)c(-c7cccc(N8CCCOC8=O)c7)n6)CC5)CC4)CC3)c(F)c2)C(=O)N1. The van der Waals surface area contributed by atoms with Crippen molar-refractivity contribution in [3.05, 3.63) is 60.3 Å². The van der Waals surface area contributed by atoms with Crippen molar-refractivity contribution in [1.29, 1.82) is 0 Å². The molecule has 5 fully saturated rings. The van der Waals surface area contributed by atoms with Crippen LogP contribution in [-0.2, 0) is 19.1 Å². The first-order valence-corrected chi connectivity index (χ1v) is 20.7. The zero-order valence-electron chi connectivity index (χ0n) is 32.6. The highest BCUT2D eigenvalue weighted by atomic mass is 19.1. The van der Waals surface area contributed by atoms with Crippen LogP contribution in [0.5, 0.6) is 0 Å². The van der Waals surface area contributed by atoms with Gasteiger partial charge in [0.15, 0.2) is 5.82 Å². The number of benzene rings is 2. The second kappa shape index (κ2) is 17.6. The molecule has 0 unspecified atom stereocenters. The molecule has 58 heavy (non-hydrogen) atoms. The molecule has 0 bridgehead atoms. The molecule has 4 N–H and O–H groups in total. The number of carbonyl (C=O) groups is 4. The number of piperidine rings is 3. The minimum Gasteiger partial charge on any atom is -0.449 e. The summed E-state index contributed by atoms with van der Waals surface area (Å²) < 4.78 is 35.4. The molecule has 5 heterocycles. The van der Waals surface area contributed by atoms with Crippen molar-refractivity contribution < 1.29 is 32.7 Å². The predicted molar refractivity (Wildman–Crippen MR) is 214 cm³/mol. The summed E-state index contributed by atoms with van der Waals surface area (Å²) in [6, 6.07) is 12.0. The van der Waals surface area contributed by atoms with Gasteiger partial charge in [0.2, 0.25) is 23.7 Å². The van der Waals surface area contributed by atoms with E-state index in [1.807, 2.05) is 0 Å². The van der Waals surface area contributed by atoms with Gasteiger partial charge in [-0.15, -0.1) is 0 Å². The highest BCUT2D eigenvalue weighted by Gasteiger charge is 2.33. The number of carbonyl (C=O) groups excluding carboxylic acids is 4. The third-order valence-corrected chi connectivity index (χ3v) is 12.3. The lowest BCUT2D eigenvalue weighted by Crippen LogP contribution is -2.50. The summed E-state index contributed by atoms with van der Waals surface area (Å²) >= 11 is 0. The van der Waals surface area contributed by atoms with Gasteiger partial charge in [-0.2, -0.15) is 0 Å². The number of hydrogen-bond acceptors (Lipinski definition) is 11. The van der Waals surface area contributed by atoms with E-state index in [2.05, 4.69) is 41.0 Å². The van der Waals surface area contributed by atoms with Gasteiger partial charge in [0, 0.05) is 67.0 Å². The van der Waals surface area contributed by atoms with E-state index in [1.54, 1.807) is 41.3 Å². The van der Waals surface area contributed by atoms with Crippen LogP contribution in [0.1, 0.15) is 70.6 Å². The third kappa shape index (κ3) is 9.16. The summed E-state index contributed by atoms with van der Waals surface area (Å²) in [5.41, 5.74) is 2.38. The van der Waals surface area contributed by atoms with Gasteiger partial charge in [0.25, 0.3) is 0 Å². The lowest BCUT2D eigenvalue weighted by atomic mass is 9.89. The maximum Gasteiger partial charge on any atom is 0.414 e. The van der Waals surface area contributed by atoms with Crippen LogP contribution in [0.2, 0.25) is 0 Å². The second-order valence-electron chi connectivity index (χ2n) is 16.1. The molecule has 4 saturated heterocycles. The van der Waals surface area contributed by atoms with Crippen LogP contribution < -0.4 is 31.1 Å². The van der Waals surface area contributed by atoms with E-state index in [-0.39, 0.29) is 53.7 Å². The van der Waals surface area contributed by atoms with Crippen LogP contribution in [0.25, 0.3) is 11.3 Å². The van der Waals surface area contributed by atoms with Crippen LogP contribution in [0.3, 0.4) is 0 Å². The number of rotatable bonds is 10. The molecule has 0 radical (unpaired) electrons. The first kappa shape index (κ1) is 39.4. The monoisotopic (exact) mass is 799 g/mol. The minimum absolute atomic E-state index is 0.0151. The number of aromatic nitrogens is 2. The fourth-order valence-electron chi connectivity index (χ4n) is 9.01. The predicted octanol–water partition coefficient (Wildman–Crippen LogP) is 5.21. The summed E-state index contributed by atoms with van der Waals surface area (Å²) in [7, 11) is 0. The molecule has 3 aromatic rings. The van der Waals surface area contributed by atoms with E-state index >= 15 is 4.39 Å². The molecule has 14 nitrogen and oxygen atoms in total. The Morgan fingerprint density at radius 3 is 2.34 bits per heavy atom. The van der Waals surface area contributed by atoms with Gasteiger partial charge < -0.3 is 30.5 Å². The quantitative estimate of drug-likeness (QED) is 0.200. The highest BCUT2D eigenvalue weighted by Crippen LogP contribution is 2.32. The average Bonchev–Trinajstić information content (AvgIpc) is 3.24. The molecule has 8 rings (SSSR count). The lowest BCUT2D eigenvalue weighted by molar-refractivity contribution is -0.133. The molecular weight excluding hydrogens is 749 g/mol. The molecule has 1 saturated carbocycles. The number of anilines is 4. The highest BCUT2D eigenvalue weighted by molar-refractivity contribution is 6.01. The van der Waals surface area contributed by atoms with Gasteiger partial charge in [-0.05, 0) is 108 Å². The Hall–Kier alpha value is -5.38. The Labute approximate surface area is 336 Å². The van der Waals surface area contributed by atoms with Gasteiger partial charge >= 0.3 is 6.09 Å². The van der Waals surface area contributed by atoms with Crippen molar-refractivity contribution in [1.82, 2.24) is 25.5 Å². The maximum atomic E-state index is 15.2. The number of hydrogen-bond donors (Lipinski definition) is 4. The number of halogens is 2. The zero-order chi connectivity index (χ0) is 40.2. The van der Waals surface area contributed by atoms with E-state index in [0.717, 1.165) is 84.0 Å². The number of nitrogens with zero attached hydrogens (tertiary/aromatic N) is 5. The molecule has 5 aliphatic rings. The Bertz CT molecular complexity index is 2000. The standard InChI is InChI=1S/C42H51F2N9O5/c43-33-24-30(46-35-10-12-37(54)49-40(35)56)9-11-36(33)52-20-15-31(16-21-52)51-18-13-26(14-19-51)39(55)47-28-5-7-29(8-6-28)48-41-45-25-34(44)38(50-41)27-3-1-4-32(23-27)53-17-2-22-58-42(53)57/h1,3-4,9,11,23-26,28-29,31,35,46H,2,5-8,10,12-22H2,(H,47,55)(H,45,48,50)(H,49,54,56)/t28-,29-,35-/m0/s1. The summed E-state index contributed by atoms with van der Waals surface area (Å²) in [6.45, 7) is 4.13. The van der Waals surface area contributed by atoms with Crippen LogP contribution in [0, 0.1) is 17.6 Å². The number of ether oxygens (including phenoxy) is 1. The molecule has 0 spiro atoms. The van der Waals surface area contributed by atoms with E-state index in [0.29, 0.717) is 54.2 Å². The van der Waals surface area contributed by atoms with Crippen LogP contribution in [0.15, 0.2) is 48.7 Å². The van der Waals surface area contributed by atoms with Crippen LogP contribution >= 0.6 is 0 Å². The number of nitrogens with one attached hydrogen (secondary N) is 4. The molecule has 1 aromatic heterocycles. The van der Waals surface area contributed by atoms with Crippen molar-refractivity contribution >= 4 is 46.8 Å². The molecule has 1 atom stereocenters. The number of amides is 4. The smallest absolute Gasteiger partial charge is 0.414 e. The van der Waals surface area contributed by atoms with Gasteiger partial charge in [0.1, 0.15) is 17.6 Å². The molecule has 16 heteroatoms. The molecule has 308 valence electrons. The largest absolute Gasteiger partial charge is 0.449 e. The van der Waals surface area contributed by atoms with Crippen LogP contribution in [-0.4, -0.2) is 102 Å². The zero-order valence-corrected chi connectivity index (χ0v) is 32.6. The second-order valence-corrected chi connectivity index (χ2v) is 16.1. The molecule has 4 amide bonds. The van der Waals surface area contributed by atoms with E-state index in [1.165, 1.54) is 12.3 Å². The van der Waals surface area contributed by atoms with E-state index in [4.69, 9.17) is 4.74 Å². The van der Waals surface area contributed by atoms with Crippen molar-refractivity contribution in [2.45, 2.75) is 94.8 Å². The summed E-state index contributed by atoms with van der Waals surface area (Å²) in [6.07, 6.45) is 8.84. The van der Waals surface area contributed by atoms with Crippen molar-refractivity contribution in [2.75, 3.05) is 59.8 Å². The fourth-order valence-corrected chi connectivity index (χ4v) is 9.01. The van der Waals surface area contributed by atoms with Gasteiger partial charge in [-0.25, -0.2) is 23.5 Å². The van der Waals surface area contributed by atoms with Gasteiger partial charge in [0.05, 0.1) is 18.5 Å². The average molecular weight is 800 g/mol. The van der Waals surface area contributed by atoms with E-state index < -0.39 is 18.0 Å². The minimum atomic E-state index is -0.563. The fraction of sp³-hybridized carbons (Fsp3) is 0.524. The number of likely N-dealkylation sites (tertiary alicyclic amines) is 1. The molecular formula is C42H51F2N9O5. The Morgan fingerprint density at radius 1 is 0.828 bits per heavy atom. The maximum absolute atomic E-state index is 15.2. The first-order valence-electron chi connectivity index (χ1n) is 20.7. The number of cyclic esters (lactones) is 1. The summed E-state index contributed by atoms with van der Waals surface area (Å²) in [4.78, 5) is 64.0. The molecule has 4 aliphatic heterocycles. The summed E-state index contributed by atoms with van der Waals surface area (Å²) in [5.74, 6) is -1.12. The number of imide groups is 1. The normalized spacial score (nSPS) is 23.9. The Morgan fingerprint density at radius 2 is 1.60 bits per heavy atom. The lowest BCUT2D eigenvalue weighted by Gasteiger charge is -2.42. The Kier molecular flexibility index (Phi) is 12.0. The van der Waals surface area contributed by atoms with E-state index in [9.17, 15) is 23.6 Å². The third-order valence-electron chi connectivity index (χ3n) is 12.3. The van der Waals surface area contributed by atoms with Crippen LogP contribution in [0.4, 0.5) is 36.6 Å². The first-order chi connectivity index (χ1) is 28.2. The molecule has 1 aliphatic carbocycles. The molecule has 2 aromatic carbocycles. The summed E-state index contributed by atoms with van der Waals surface area (Å²) in [5, 5.41) is 12.1. The van der Waals surface area contributed by atoms with Gasteiger partial charge in [-0.1, -0.05) is 12.1 Å².